The van der Waals surface area contributed by atoms with Crippen LogP contribution in [0.25, 0.3) is 14.4 Å². The third-order valence-corrected chi connectivity index (χ3v) is 4.76. The van der Waals surface area contributed by atoms with Gasteiger partial charge in [-0.2, -0.15) is 5.26 Å². The maximum Gasteiger partial charge on any atom is 0.0963 e. The van der Waals surface area contributed by atoms with Crippen LogP contribution in [0.15, 0.2) is 23.1 Å². The smallest absolute Gasteiger partial charge is 0.0963 e. The van der Waals surface area contributed by atoms with Crippen LogP contribution in [0, 0.1) is 11.3 Å². The average Bonchev–Trinajstić information content (AvgIpc) is 2.78. The topological polar surface area (TPSA) is 23.8 Å². The van der Waals surface area contributed by atoms with Crippen molar-refractivity contribution in [3.05, 3.63) is 28.0 Å². The average molecular weight is 254 g/mol. The number of allylic oxidation sites excluding steroid dienone is 1. The number of halogens is 1. The maximum absolute atomic E-state index is 8.90. The number of nitrogens with zero attached hydrogens (tertiary/aromatic N) is 1. The van der Waals surface area contributed by atoms with Crippen molar-refractivity contribution >= 4 is 48.7 Å². The minimum atomic E-state index is 0.605. The molecule has 0 aromatic carbocycles. The zero-order valence-electron chi connectivity index (χ0n) is 8.08. The fraction of sp³-hybridized carbons (Fsp3) is 0.182. The molecule has 0 fully saturated rings. The zero-order chi connectivity index (χ0) is 10.8. The van der Waals surface area contributed by atoms with Crippen molar-refractivity contribution in [3.63, 3.8) is 0 Å². The summed E-state index contributed by atoms with van der Waals surface area (Å²) in [6.07, 6.45) is 0.681. The Bertz CT molecular complexity index is 528. The van der Waals surface area contributed by atoms with Crippen molar-refractivity contribution in [3.8, 4) is 6.07 Å². The number of fused-ring (bicyclic) bond motifs is 1. The van der Waals surface area contributed by atoms with Gasteiger partial charge in [-0.15, -0.1) is 22.7 Å². The van der Waals surface area contributed by atoms with Crippen LogP contribution in [0.5, 0.6) is 0 Å². The largest absolute Gasteiger partial charge is 0.193 e. The standard InChI is InChI=1S/C11H8ClNS2/c1-2-7(6-13)11(12)10-5-9-8(15-10)3-4-14-9/h3-5H,2H2,1H3/b11-7-. The lowest BCUT2D eigenvalue weighted by molar-refractivity contribution is 1.16. The molecule has 0 unspecified atom stereocenters. The van der Waals surface area contributed by atoms with Gasteiger partial charge in [-0.25, -0.2) is 0 Å². The Balaban J connectivity index is 2.52. The highest BCUT2D eigenvalue weighted by Crippen LogP contribution is 2.36. The monoisotopic (exact) mass is 253 g/mol. The van der Waals surface area contributed by atoms with Gasteiger partial charge in [-0.1, -0.05) is 18.5 Å². The van der Waals surface area contributed by atoms with Gasteiger partial charge >= 0.3 is 0 Å². The molecular formula is C11H8ClNS2. The van der Waals surface area contributed by atoms with E-state index in [4.69, 9.17) is 16.9 Å². The molecule has 0 aliphatic rings. The predicted octanol–water partition coefficient (Wildman–Crippen LogP) is 4.85. The predicted molar refractivity (Wildman–Crippen MR) is 68.4 cm³/mol. The third-order valence-electron chi connectivity index (χ3n) is 2.11. The van der Waals surface area contributed by atoms with Crippen LogP contribution in [0.4, 0.5) is 0 Å². The molecule has 76 valence electrons. The van der Waals surface area contributed by atoms with Gasteiger partial charge in [0.05, 0.1) is 11.1 Å². The van der Waals surface area contributed by atoms with Crippen LogP contribution in [-0.2, 0) is 0 Å². The van der Waals surface area contributed by atoms with E-state index in [1.54, 1.807) is 22.7 Å². The van der Waals surface area contributed by atoms with E-state index in [2.05, 4.69) is 23.6 Å². The lowest BCUT2D eigenvalue weighted by atomic mass is 10.2. The highest BCUT2D eigenvalue weighted by atomic mass is 35.5. The molecule has 4 heteroatoms. The van der Waals surface area contributed by atoms with Crippen LogP contribution in [-0.4, -0.2) is 0 Å². The van der Waals surface area contributed by atoms with E-state index in [9.17, 15) is 0 Å². The van der Waals surface area contributed by atoms with Gasteiger partial charge in [0.25, 0.3) is 0 Å². The second-order valence-corrected chi connectivity index (χ2v) is 5.43. The Labute approximate surface area is 101 Å². The molecule has 0 saturated carbocycles. The van der Waals surface area contributed by atoms with E-state index >= 15 is 0 Å². The minimum absolute atomic E-state index is 0.605. The number of nitriles is 1. The molecule has 0 atom stereocenters. The first kappa shape index (κ1) is 10.7. The van der Waals surface area contributed by atoms with Crippen LogP contribution in [0.1, 0.15) is 18.2 Å². The number of thiophene rings is 2. The fourth-order valence-corrected chi connectivity index (χ4v) is 3.73. The molecule has 0 N–H and O–H groups in total. The summed E-state index contributed by atoms with van der Waals surface area (Å²) < 4.78 is 2.48. The SMILES string of the molecule is CC/C(C#N)=C(/Cl)c1cc2sccc2s1. The van der Waals surface area contributed by atoms with E-state index in [1.807, 2.05) is 6.92 Å². The zero-order valence-corrected chi connectivity index (χ0v) is 10.5. The summed E-state index contributed by atoms with van der Waals surface area (Å²) in [7, 11) is 0. The van der Waals surface area contributed by atoms with Gasteiger partial charge in [0.15, 0.2) is 0 Å². The van der Waals surface area contributed by atoms with E-state index < -0.39 is 0 Å². The van der Waals surface area contributed by atoms with Gasteiger partial charge in [0.2, 0.25) is 0 Å². The molecule has 0 bridgehead atoms. The van der Waals surface area contributed by atoms with Crippen molar-refractivity contribution in [2.45, 2.75) is 13.3 Å². The van der Waals surface area contributed by atoms with E-state index in [0.717, 1.165) is 4.88 Å². The Morgan fingerprint density at radius 3 is 2.93 bits per heavy atom. The molecule has 0 aliphatic heterocycles. The van der Waals surface area contributed by atoms with Crippen LogP contribution < -0.4 is 0 Å². The molecule has 0 amide bonds. The lowest BCUT2D eigenvalue weighted by Crippen LogP contribution is -1.79. The van der Waals surface area contributed by atoms with Gasteiger partial charge < -0.3 is 0 Å². The minimum Gasteiger partial charge on any atom is -0.193 e. The van der Waals surface area contributed by atoms with Gasteiger partial charge in [-0.05, 0) is 23.9 Å². The molecule has 0 saturated heterocycles. The van der Waals surface area contributed by atoms with Crippen molar-refractivity contribution < 1.29 is 0 Å². The lowest BCUT2D eigenvalue weighted by Gasteiger charge is -1.96. The van der Waals surface area contributed by atoms with Crippen molar-refractivity contribution in [2.75, 3.05) is 0 Å². The van der Waals surface area contributed by atoms with E-state index in [-0.39, 0.29) is 0 Å². The summed E-state index contributed by atoms with van der Waals surface area (Å²) in [5.74, 6) is 0. The van der Waals surface area contributed by atoms with E-state index in [1.165, 1.54) is 9.40 Å². The Morgan fingerprint density at radius 1 is 1.53 bits per heavy atom. The third kappa shape index (κ3) is 1.93. The van der Waals surface area contributed by atoms with Crippen LogP contribution in [0.2, 0.25) is 0 Å². The molecule has 0 aliphatic carbocycles. The molecule has 2 heterocycles. The highest BCUT2D eigenvalue weighted by molar-refractivity contribution is 7.27. The van der Waals surface area contributed by atoms with Crippen LogP contribution in [0.3, 0.4) is 0 Å². The molecule has 2 aromatic heterocycles. The summed E-state index contributed by atoms with van der Waals surface area (Å²) >= 11 is 9.51. The molecule has 15 heavy (non-hydrogen) atoms. The van der Waals surface area contributed by atoms with Crippen molar-refractivity contribution in [2.24, 2.45) is 0 Å². The van der Waals surface area contributed by atoms with Gasteiger partial charge in [-0.3, -0.25) is 0 Å². The number of hydrogen-bond donors (Lipinski definition) is 0. The summed E-state index contributed by atoms with van der Waals surface area (Å²) in [5.41, 5.74) is 0.658. The van der Waals surface area contributed by atoms with E-state index in [0.29, 0.717) is 17.0 Å². The molecule has 2 aromatic rings. The first-order valence-corrected chi connectivity index (χ1v) is 6.59. The first-order chi connectivity index (χ1) is 7.26. The van der Waals surface area contributed by atoms with Gasteiger partial charge in [0.1, 0.15) is 0 Å². The molecule has 2 rings (SSSR count). The molecular weight excluding hydrogens is 246 g/mol. The van der Waals surface area contributed by atoms with Crippen molar-refractivity contribution in [1.82, 2.24) is 0 Å². The summed E-state index contributed by atoms with van der Waals surface area (Å²) in [6.45, 7) is 1.94. The Morgan fingerprint density at radius 2 is 2.33 bits per heavy atom. The fourth-order valence-electron chi connectivity index (χ4n) is 1.31. The second kappa shape index (κ2) is 4.36. The number of rotatable bonds is 2. The van der Waals surface area contributed by atoms with Crippen molar-refractivity contribution in [1.29, 1.82) is 5.26 Å². The molecule has 0 spiro atoms. The molecule has 0 radical (unpaired) electrons. The summed E-state index contributed by atoms with van der Waals surface area (Å²) in [4.78, 5) is 0.997. The quantitative estimate of drug-likeness (QED) is 0.702. The summed E-state index contributed by atoms with van der Waals surface area (Å²) in [6, 6.07) is 6.28. The summed E-state index contributed by atoms with van der Waals surface area (Å²) in [5, 5.41) is 11.6. The Kier molecular flexibility index (Phi) is 3.11. The second-order valence-electron chi connectivity index (χ2n) is 3.02. The normalized spacial score (nSPS) is 12.6. The maximum atomic E-state index is 8.90. The van der Waals surface area contributed by atoms with Crippen LogP contribution >= 0.6 is 34.3 Å². The highest BCUT2D eigenvalue weighted by Gasteiger charge is 2.09. The van der Waals surface area contributed by atoms with Gasteiger partial charge in [0, 0.05) is 19.9 Å². The molecule has 1 nitrogen and oxygen atoms in total. The Hall–Kier alpha value is -0.820. The number of hydrogen-bond acceptors (Lipinski definition) is 3. The first-order valence-electron chi connectivity index (χ1n) is 4.52.